The normalized spacial score (nSPS) is 21.8. The summed E-state index contributed by atoms with van der Waals surface area (Å²) in [4.78, 5) is 28.1. The van der Waals surface area contributed by atoms with Crippen molar-refractivity contribution in [2.45, 2.75) is 40.2 Å². The van der Waals surface area contributed by atoms with E-state index in [-0.39, 0.29) is 17.5 Å². The Balaban J connectivity index is 1.83. The van der Waals surface area contributed by atoms with Crippen molar-refractivity contribution in [3.05, 3.63) is 46.4 Å². The standard InChI is InChI=1S/C21H30N4O2/c1-14-11-15(2)13-24(12-14)17(4)20(26)22-19-16(3)23(5)25(21(19)27)18-9-7-6-8-10-18/h6-10,14-15,17H,11-13H2,1-5H3,(H,22,26). The SMILES string of the molecule is Cc1c(NC(=O)C(C)N2CC(C)CC(C)C2)c(=O)n(-c2ccccc2)n1C. The van der Waals surface area contributed by atoms with Crippen molar-refractivity contribution >= 4 is 11.6 Å². The number of hydrogen-bond donors (Lipinski definition) is 1. The van der Waals surface area contributed by atoms with E-state index in [1.54, 1.807) is 9.36 Å². The first kappa shape index (κ1) is 19.4. The Labute approximate surface area is 160 Å². The third kappa shape index (κ3) is 3.86. The first-order chi connectivity index (χ1) is 12.8. The van der Waals surface area contributed by atoms with Gasteiger partial charge in [0.2, 0.25) is 5.91 Å². The van der Waals surface area contributed by atoms with Crippen LogP contribution in [0.5, 0.6) is 0 Å². The van der Waals surface area contributed by atoms with Gasteiger partial charge >= 0.3 is 0 Å². The number of piperidine rings is 1. The maximum absolute atomic E-state index is 13.0. The van der Waals surface area contributed by atoms with E-state index in [1.165, 1.54) is 6.42 Å². The van der Waals surface area contributed by atoms with E-state index in [4.69, 9.17) is 0 Å². The van der Waals surface area contributed by atoms with Crippen LogP contribution in [0, 0.1) is 18.8 Å². The van der Waals surface area contributed by atoms with Crippen molar-refractivity contribution in [1.82, 2.24) is 14.3 Å². The smallest absolute Gasteiger partial charge is 0.295 e. The molecule has 3 atom stereocenters. The van der Waals surface area contributed by atoms with E-state index in [9.17, 15) is 9.59 Å². The zero-order chi connectivity index (χ0) is 19.7. The van der Waals surface area contributed by atoms with Crippen molar-refractivity contribution in [2.24, 2.45) is 18.9 Å². The van der Waals surface area contributed by atoms with Crippen molar-refractivity contribution in [2.75, 3.05) is 18.4 Å². The van der Waals surface area contributed by atoms with Crippen LogP contribution in [0.4, 0.5) is 5.69 Å². The molecule has 1 aliphatic heterocycles. The number of benzene rings is 1. The number of carbonyl (C=O) groups excluding carboxylic acids is 1. The number of rotatable bonds is 4. The summed E-state index contributed by atoms with van der Waals surface area (Å²) in [6.45, 7) is 10.1. The number of carbonyl (C=O) groups is 1. The molecule has 0 saturated carbocycles. The highest BCUT2D eigenvalue weighted by Crippen LogP contribution is 2.23. The topological polar surface area (TPSA) is 59.3 Å². The Bertz CT molecular complexity index is 858. The summed E-state index contributed by atoms with van der Waals surface area (Å²) in [5.41, 5.74) is 1.67. The molecule has 0 radical (unpaired) electrons. The molecule has 0 bridgehead atoms. The zero-order valence-electron chi connectivity index (χ0n) is 16.9. The number of nitrogens with zero attached hydrogens (tertiary/aromatic N) is 3. The Morgan fingerprint density at radius 1 is 1.15 bits per heavy atom. The van der Waals surface area contributed by atoms with Gasteiger partial charge in [0.25, 0.3) is 5.56 Å². The van der Waals surface area contributed by atoms with Crippen molar-refractivity contribution in [3.8, 4) is 5.69 Å². The average Bonchev–Trinajstić information content (AvgIpc) is 2.84. The van der Waals surface area contributed by atoms with Crippen LogP contribution < -0.4 is 10.9 Å². The van der Waals surface area contributed by atoms with E-state index in [0.717, 1.165) is 24.5 Å². The molecule has 27 heavy (non-hydrogen) atoms. The van der Waals surface area contributed by atoms with Gasteiger partial charge in [-0.1, -0.05) is 32.0 Å². The fourth-order valence-electron chi connectivity index (χ4n) is 4.13. The molecule has 1 N–H and O–H groups in total. The summed E-state index contributed by atoms with van der Waals surface area (Å²) in [5, 5.41) is 2.90. The molecule has 1 aromatic heterocycles. The molecule has 1 amide bonds. The lowest BCUT2D eigenvalue weighted by Gasteiger charge is -2.38. The Kier molecular flexibility index (Phi) is 5.56. The van der Waals surface area contributed by atoms with Crippen LogP contribution in [-0.4, -0.2) is 39.3 Å². The minimum absolute atomic E-state index is 0.123. The van der Waals surface area contributed by atoms with Crippen LogP contribution in [0.25, 0.3) is 5.69 Å². The molecule has 0 spiro atoms. The van der Waals surface area contributed by atoms with E-state index in [1.807, 2.05) is 51.2 Å². The minimum atomic E-state index is -0.264. The molecule has 6 heteroatoms. The highest BCUT2D eigenvalue weighted by atomic mass is 16.2. The average molecular weight is 370 g/mol. The number of likely N-dealkylation sites (tertiary alicyclic amines) is 1. The largest absolute Gasteiger partial charge is 0.319 e. The van der Waals surface area contributed by atoms with Gasteiger partial charge in [0.15, 0.2) is 0 Å². The number of amides is 1. The summed E-state index contributed by atoms with van der Waals surface area (Å²) in [5.74, 6) is 1.04. The van der Waals surface area contributed by atoms with Gasteiger partial charge in [-0.2, -0.15) is 0 Å². The van der Waals surface area contributed by atoms with Crippen LogP contribution >= 0.6 is 0 Å². The second-order valence-corrected chi connectivity index (χ2v) is 8.00. The molecule has 0 aliphatic carbocycles. The molecular weight excluding hydrogens is 340 g/mol. The van der Waals surface area contributed by atoms with Crippen LogP contribution in [0.2, 0.25) is 0 Å². The molecule has 3 unspecified atom stereocenters. The van der Waals surface area contributed by atoms with Crippen LogP contribution in [0.15, 0.2) is 35.1 Å². The van der Waals surface area contributed by atoms with Gasteiger partial charge in [0.1, 0.15) is 5.69 Å². The van der Waals surface area contributed by atoms with E-state index in [0.29, 0.717) is 17.5 Å². The lowest BCUT2D eigenvalue weighted by atomic mass is 9.91. The molecule has 6 nitrogen and oxygen atoms in total. The molecule has 146 valence electrons. The van der Waals surface area contributed by atoms with Crippen molar-refractivity contribution < 1.29 is 4.79 Å². The molecule has 2 heterocycles. The quantitative estimate of drug-likeness (QED) is 0.900. The molecule has 1 aromatic carbocycles. The first-order valence-electron chi connectivity index (χ1n) is 9.68. The Morgan fingerprint density at radius 3 is 2.33 bits per heavy atom. The van der Waals surface area contributed by atoms with Crippen LogP contribution in [0.3, 0.4) is 0 Å². The van der Waals surface area contributed by atoms with Gasteiger partial charge in [-0.05, 0) is 44.2 Å². The first-order valence-corrected chi connectivity index (χ1v) is 9.68. The van der Waals surface area contributed by atoms with Crippen molar-refractivity contribution in [3.63, 3.8) is 0 Å². The molecule has 1 aliphatic rings. The van der Waals surface area contributed by atoms with Crippen molar-refractivity contribution in [1.29, 1.82) is 0 Å². The highest BCUT2D eigenvalue weighted by molar-refractivity contribution is 5.95. The van der Waals surface area contributed by atoms with Gasteiger partial charge in [0, 0.05) is 20.1 Å². The maximum atomic E-state index is 13.0. The molecule has 3 rings (SSSR count). The second-order valence-electron chi connectivity index (χ2n) is 8.00. The summed E-state index contributed by atoms with van der Waals surface area (Å²) in [6.07, 6.45) is 1.20. The third-order valence-corrected chi connectivity index (χ3v) is 5.63. The van der Waals surface area contributed by atoms with E-state index >= 15 is 0 Å². The van der Waals surface area contributed by atoms with E-state index < -0.39 is 0 Å². The third-order valence-electron chi connectivity index (χ3n) is 5.63. The number of aromatic nitrogens is 2. The highest BCUT2D eigenvalue weighted by Gasteiger charge is 2.30. The summed E-state index contributed by atoms with van der Waals surface area (Å²) >= 11 is 0. The number of nitrogens with one attached hydrogen (secondary N) is 1. The lowest BCUT2D eigenvalue weighted by molar-refractivity contribution is -0.121. The minimum Gasteiger partial charge on any atom is -0.319 e. The van der Waals surface area contributed by atoms with Gasteiger partial charge in [0.05, 0.1) is 17.4 Å². The fraction of sp³-hybridized carbons (Fsp3) is 0.524. The maximum Gasteiger partial charge on any atom is 0.295 e. The van der Waals surface area contributed by atoms with Crippen LogP contribution in [-0.2, 0) is 11.8 Å². The van der Waals surface area contributed by atoms with E-state index in [2.05, 4.69) is 24.1 Å². The number of para-hydroxylation sites is 1. The monoisotopic (exact) mass is 370 g/mol. The lowest BCUT2D eigenvalue weighted by Crippen LogP contribution is -2.49. The summed E-state index contributed by atoms with van der Waals surface area (Å²) in [6, 6.07) is 9.19. The second kappa shape index (κ2) is 7.72. The molecule has 2 aromatic rings. The van der Waals surface area contributed by atoms with Gasteiger partial charge in [-0.15, -0.1) is 0 Å². The predicted molar refractivity (Wildman–Crippen MR) is 108 cm³/mol. The molecular formula is C21H30N4O2. The van der Waals surface area contributed by atoms with Gasteiger partial charge in [-0.3, -0.25) is 19.2 Å². The summed E-state index contributed by atoms with van der Waals surface area (Å²) in [7, 11) is 1.83. The van der Waals surface area contributed by atoms with Gasteiger partial charge < -0.3 is 5.32 Å². The number of anilines is 1. The number of hydrogen-bond acceptors (Lipinski definition) is 3. The molecule has 1 fully saturated rings. The predicted octanol–water partition coefficient (Wildman–Crippen LogP) is 2.79. The summed E-state index contributed by atoms with van der Waals surface area (Å²) < 4.78 is 3.36. The Hall–Kier alpha value is -2.34. The fourth-order valence-corrected chi connectivity index (χ4v) is 4.13. The Morgan fingerprint density at radius 2 is 1.74 bits per heavy atom. The molecule has 1 saturated heterocycles. The van der Waals surface area contributed by atoms with Crippen LogP contribution in [0.1, 0.15) is 32.9 Å². The van der Waals surface area contributed by atoms with Gasteiger partial charge in [-0.25, -0.2) is 4.68 Å². The zero-order valence-corrected chi connectivity index (χ0v) is 16.9.